The van der Waals surface area contributed by atoms with E-state index >= 15 is 0 Å². The molecule has 0 bridgehead atoms. The largest absolute Gasteiger partial charge is 0.369 e. The van der Waals surface area contributed by atoms with Gasteiger partial charge in [0.2, 0.25) is 0 Å². The molecule has 0 aromatic carbocycles. The average molecular weight is 267 g/mol. The van der Waals surface area contributed by atoms with Crippen LogP contribution in [0.25, 0.3) is 0 Å². The summed E-state index contributed by atoms with van der Waals surface area (Å²) in [6.07, 6.45) is 1.15. The van der Waals surface area contributed by atoms with Crippen molar-refractivity contribution in [2.75, 3.05) is 7.05 Å². The fraction of sp³-hybridized carbons (Fsp3) is 1.00. The normalized spacial score (nSPS) is 36.2. The highest BCUT2D eigenvalue weighted by Crippen LogP contribution is 2.71. The predicted octanol–water partition coefficient (Wildman–Crippen LogP) is 3.85. The fourth-order valence-electron chi connectivity index (χ4n) is 4.91. The number of ether oxygens (including phenoxy) is 1. The van der Waals surface area contributed by atoms with E-state index in [-0.39, 0.29) is 11.2 Å². The third kappa shape index (κ3) is 2.15. The Hall–Kier alpha value is -0.0800. The van der Waals surface area contributed by atoms with E-state index in [1.807, 2.05) is 0 Å². The Morgan fingerprint density at radius 1 is 0.947 bits per heavy atom. The van der Waals surface area contributed by atoms with Gasteiger partial charge >= 0.3 is 0 Å². The molecule has 1 N–H and O–H groups in total. The van der Waals surface area contributed by atoms with Gasteiger partial charge in [-0.25, -0.2) is 0 Å². The van der Waals surface area contributed by atoms with E-state index in [1.54, 1.807) is 0 Å². The second kappa shape index (κ2) is 3.98. The Labute approximate surface area is 119 Å². The van der Waals surface area contributed by atoms with Crippen molar-refractivity contribution < 1.29 is 4.74 Å². The first-order valence-electron chi connectivity index (χ1n) is 7.74. The van der Waals surface area contributed by atoms with Crippen molar-refractivity contribution >= 4 is 0 Å². The van der Waals surface area contributed by atoms with Gasteiger partial charge in [0.1, 0.15) is 0 Å². The minimum Gasteiger partial charge on any atom is -0.369 e. The Bertz CT molecular complexity index is 353. The molecular weight excluding hydrogens is 234 g/mol. The van der Waals surface area contributed by atoms with E-state index in [0.29, 0.717) is 22.8 Å². The summed E-state index contributed by atoms with van der Waals surface area (Å²) in [6, 6.07) is 0.543. The van der Waals surface area contributed by atoms with Gasteiger partial charge in [-0.1, -0.05) is 27.7 Å². The van der Waals surface area contributed by atoms with Crippen LogP contribution in [0.4, 0.5) is 0 Å². The molecule has 0 aromatic heterocycles. The minimum atomic E-state index is -0.0358. The highest BCUT2D eigenvalue weighted by Gasteiger charge is 2.69. The Balaban J connectivity index is 2.25. The van der Waals surface area contributed by atoms with Crippen LogP contribution in [-0.2, 0) is 4.74 Å². The van der Waals surface area contributed by atoms with E-state index in [0.717, 1.165) is 12.3 Å². The topological polar surface area (TPSA) is 21.3 Å². The van der Waals surface area contributed by atoms with Crippen molar-refractivity contribution in [1.82, 2.24) is 5.32 Å². The van der Waals surface area contributed by atoms with Crippen molar-refractivity contribution in [3.8, 4) is 0 Å². The second-order valence-corrected chi connectivity index (χ2v) is 9.01. The van der Waals surface area contributed by atoms with Gasteiger partial charge in [0.15, 0.2) is 0 Å². The molecule has 2 heteroatoms. The maximum absolute atomic E-state index is 6.31. The first kappa shape index (κ1) is 15.3. The van der Waals surface area contributed by atoms with Gasteiger partial charge in [-0.15, -0.1) is 0 Å². The summed E-state index contributed by atoms with van der Waals surface area (Å²) in [5.41, 5.74) is 0.811. The lowest BCUT2D eigenvalue weighted by Crippen LogP contribution is -2.45. The lowest BCUT2D eigenvalue weighted by Gasteiger charge is -2.34. The van der Waals surface area contributed by atoms with E-state index in [4.69, 9.17) is 4.74 Å². The van der Waals surface area contributed by atoms with E-state index in [1.165, 1.54) is 0 Å². The summed E-state index contributed by atoms with van der Waals surface area (Å²) in [7, 11) is 2.12. The molecule has 0 spiro atoms. The summed E-state index contributed by atoms with van der Waals surface area (Å²) in [6.45, 7) is 18.6. The molecule has 1 aliphatic carbocycles. The van der Waals surface area contributed by atoms with Crippen LogP contribution in [0.5, 0.6) is 0 Å². The van der Waals surface area contributed by atoms with Crippen molar-refractivity contribution in [2.45, 2.75) is 79.1 Å². The molecule has 1 saturated heterocycles. The monoisotopic (exact) mass is 267 g/mol. The molecule has 2 unspecified atom stereocenters. The van der Waals surface area contributed by atoms with Gasteiger partial charge in [0.05, 0.1) is 11.2 Å². The summed E-state index contributed by atoms with van der Waals surface area (Å²) in [4.78, 5) is 0. The van der Waals surface area contributed by atoms with E-state index in [2.05, 4.69) is 67.8 Å². The quantitative estimate of drug-likeness (QED) is 0.838. The van der Waals surface area contributed by atoms with Crippen molar-refractivity contribution in [2.24, 2.45) is 22.7 Å². The van der Waals surface area contributed by atoms with E-state index < -0.39 is 0 Å². The zero-order valence-corrected chi connectivity index (χ0v) is 14.3. The molecule has 1 saturated carbocycles. The molecule has 2 nitrogen and oxygen atoms in total. The van der Waals surface area contributed by atoms with Crippen LogP contribution in [0.3, 0.4) is 0 Å². The molecule has 2 rings (SSSR count). The summed E-state index contributed by atoms with van der Waals surface area (Å²) in [5.74, 6) is 1.31. The van der Waals surface area contributed by atoms with Crippen molar-refractivity contribution in [1.29, 1.82) is 0 Å². The van der Waals surface area contributed by atoms with Crippen LogP contribution in [0.2, 0.25) is 0 Å². The van der Waals surface area contributed by atoms with Crippen molar-refractivity contribution in [3.63, 3.8) is 0 Å². The first-order chi connectivity index (χ1) is 8.37. The van der Waals surface area contributed by atoms with Crippen LogP contribution >= 0.6 is 0 Å². The molecular formula is C17H33NO. The zero-order chi connectivity index (χ0) is 14.9. The molecule has 2 atom stereocenters. The molecule has 1 heterocycles. The Morgan fingerprint density at radius 3 is 1.68 bits per heavy atom. The lowest BCUT2D eigenvalue weighted by molar-refractivity contribution is -0.0786. The maximum atomic E-state index is 6.31. The van der Waals surface area contributed by atoms with Gasteiger partial charge in [0, 0.05) is 12.0 Å². The summed E-state index contributed by atoms with van der Waals surface area (Å²) < 4.78 is 6.31. The van der Waals surface area contributed by atoms with Crippen LogP contribution in [0.15, 0.2) is 0 Å². The number of rotatable bonds is 3. The predicted molar refractivity (Wildman–Crippen MR) is 81.2 cm³/mol. The maximum Gasteiger partial charge on any atom is 0.0677 e. The second-order valence-electron chi connectivity index (χ2n) is 9.01. The smallest absolute Gasteiger partial charge is 0.0677 e. The van der Waals surface area contributed by atoms with Crippen molar-refractivity contribution in [3.05, 3.63) is 0 Å². The minimum absolute atomic E-state index is 0.00639. The number of hydrogen-bond donors (Lipinski definition) is 1. The molecule has 0 amide bonds. The van der Waals surface area contributed by atoms with Crippen LogP contribution < -0.4 is 5.32 Å². The average Bonchev–Trinajstić information content (AvgIpc) is 2.46. The summed E-state index contributed by atoms with van der Waals surface area (Å²) in [5, 5.41) is 3.63. The standard InChI is InChI=1S/C17H33NO/c1-14(2)10-11(17(7,8)19-14)12(18-9)13-15(3,4)16(13,5)6/h11-13,18H,10H2,1-9H3. The Morgan fingerprint density at radius 2 is 1.42 bits per heavy atom. The molecule has 0 radical (unpaired) electrons. The molecule has 112 valence electrons. The van der Waals surface area contributed by atoms with Crippen LogP contribution in [0, 0.1) is 22.7 Å². The molecule has 0 aromatic rings. The zero-order valence-electron chi connectivity index (χ0n) is 14.3. The Kier molecular flexibility index (Phi) is 3.20. The number of hydrogen-bond acceptors (Lipinski definition) is 2. The highest BCUT2D eigenvalue weighted by atomic mass is 16.5. The van der Waals surface area contributed by atoms with Gasteiger partial charge in [-0.3, -0.25) is 0 Å². The number of nitrogens with one attached hydrogen (secondary N) is 1. The van der Waals surface area contributed by atoms with Gasteiger partial charge in [-0.05, 0) is 57.9 Å². The SMILES string of the molecule is CNC(C1CC(C)(C)OC1(C)C)C1C(C)(C)C1(C)C. The fourth-order valence-corrected chi connectivity index (χ4v) is 4.91. The third-order valence-corrected chi connectivity index (χ3v) is 6.40. The molecule has 2 aliphatic rings. The molecule has 2 fully saturated rings. The first-order valence-corrected chi connectivity index (χ1v) is 7.74. The van der Waals surface area contributed by atoms with Gasteiger partial charge < -0.3 is 10.1 Å². The highest BCUT2D eigenvalue weighted by molar-refractivity contribution is 5.19. The molecule has 19 heavy (non-hydrogen) atoms. The lowest BCUT2D eigenvalue weighted by atomic mass is 9.78. The van der Waals surface area contributed by atoms with Crippen LogP contribution in [0.1, 0.15) is 61.8 Å². The van der Waals surface area contributed by atoms with Gasteiger partial charge in [0.25, 0.3) is 0 Å². The third-order valence-electron chi connectivity index (χ3n) is 6.40. The summed E-state index contributed by atoms with van der Waals surface area (Å²) >= 11 is 0. The van der Waals surface area contributed by atoms with Crippen LogP contribution in [-0.4, -0.2) is 24.3 Å². The molecule has 1 aliphatic heterocycles. The van der Waals surface area contributed by atoms with E-state index in [9.17, 15) is 0 Å². The van der Waals surface area contributed by atoms with Gasteiger partial charge in [-0.2, -0.15) is 0 Å².